The smallest absolute Gasteiger partial charge is 0.358 e. The number of alkyl halides is 2. The van der Waals surface area contributed by atoms with Crippen LogP contribution in [0, 0.1) is 5.92 Å². The molecule has 0 spiro atoms. The molecule has 0 aliphatic rings. The van der Waals surface area contributed by atoms with Crippen molar-refractivity contribution in [1.29, 1.82) is 0 Å². The maximum atomic E-state index is 12.1. The Morgan fingerprint density at radius 2 is 2.06 bits per heavy atom. The predicted octanol–water partition coefficient (Wildman–Crippen LogP) is 2.23. The van der Waals surface area contributed by atoms with Crippen molar-refractivity contribution in [3.8, 4) is 0 Å². The second kappa shape index (κ2) is 5.48. The van der Waals surface area contributed by atoms with Crippen molar-refractivity contribution in [3.05, 3.63) is 23.8 Å². The molecule has 6 heteroatoms. The topological polar surface area (TPSA) is 52.1 Å². The molecule has 0 aromatic carbocycles. The summed E-state index contributed by atoms with van der Waals surface area (Å²) in [7, 11) is 0. The number of hydrogen-bond acceptors (Lipinski definition) is 4. The Bertz CT molecular complexity index is 352. The summed E-state index contributed by atoms with van der Waals surface area (Å²) in [5.74, 6) is -0.445. The number of carbonyl (C=O) groups is 1. The molecule has 1 aromatic heterocycles. The lowest BCUT2D eigenvalue weighted by atomic mass is 10.2. The molecule has 4 nitrogen and oxygen atoms in total. The quantitative estimate of drug-likeness (QED) is 0.744. The first-order chi connectivity index (χ1) is 7.50. The Morgan fingerprint density at radius 1 is 1.38 bits per heavy atom. The van der Waals surface area contributed by atoms with Crippen molar-refractivity contribution in [2.45, 2.75) is 20.3 Å². The molecule has 16 heavy (non-hydrogen) atoms. The lowest BCUT2D eigenvalue weighted by molar-refractivity contribution is 0.0450. The highest BCUT2D eigenvalue weighted by Crippen LogP contribution is 2.14. The van der Waals surface area contributed by atoms with Crippen LogP contribution in [0.2, 0.25) is 0 Å². The third-order valence-corrected chi connectivity index (χ3v) is 1.65. The number of esters is 1. The Morgan fingerprint density at radius 3 is 2.50 bits per heavy atom. The van der Waals surface area contributed by atoms with Gasteiger partial charge in [-0.2, -0.15) is 0 Å². The molecule has 0 unspecified atom stereocenters. The van der Waals surface area contributed by atoms with E-state index in [2.05, 4.69) is 9.97 Å². The number of ether oxygens (including phenoxy) is 1. The van der Waals surface area contributed by atoms with Gasteiger partial charge in [-0.25, -0.2) is 18.6 Å². The van der Waals surface area contributed by atoms with Crippen molar-refractivity contribution >= 4 is 5.97 Å². The molecule has 88 valence electrons. The lowest BCUT2D eigenvalue weighted by Gasteiger charge is -2.06. The maximum Gasteiger partial charge on any atom is 0.358 e. The van der Waals surface area contributed by atoms with Crippen LogP contribution in [0.15, 0.2) is 12.4 Å². The Labute approximate surface area is 91.7 Å². The van der Waals surface area contributed by atoms with Gasteiger partial charge in [0.1, 0.15) is 5.69 Å². The first kappa shape index (κ1) is 12.5. The van der Waals surface area contributed by atoms with E-state index in [9.17, 15) is 13.6 Å². The van der Waals surface area contributed by atoms with Crippen LogP contribution in [-0.4, -0.2) is 22.5 Å². The van der Waals surface area contributed by atoms with Gasteiger partial charge in [-0.15, -0.1) is 0 Å². The van der Waals surface area contributed by atoms with Gasteiger partial charge in [-0.05, 0) is 5.92 Å². The molecule has 0 atom stereocenters. The van der Waals surface area contributed by atoms with Crippen LogP contribution in [-0.2, 0) is 4.74 Å². The van der Waals surface area contributed by atoms with Crippen molar-refractivity contribution in [2.24, 2.45) is 5.92 Å². The van der Waals surface area contributed by atoms with Crippen LogP contribution in [0.3, 0.4) is 0 Å². The van der Waals surface area contributed by atoms with Gasteiger partial charge in [0.15, 0.2) is 5.69 Å². The van der Waals surface area contributed by atoms with Gasteiger partial charge < -0.3 is 4.74 Å². The fourth-order valence-electron chi connectivity index (χ4n) is 0.872. The molecule has 1 rings (SSSR count). The van der Waals surface area contributed by atoms with Gasteiger partial charge in [-0.1, -0.05) is 13.8 Å². The normalized spacial score (nSPS) is 10.9. The minimum atomic E-state index is -2.69. The van der Waals surface area contributed by atoms with Crippen LogP contribution < -0.4 is 0 Å². The second-order valence-electron chi connectivity index (χ2n) is 3.62. The fourth-order valence-corrected chi connectivity index (χ4v) is 0.872. The minimum absolute atomic E-state index is 0.0648. The highest BCUT2D eigenvalue weighted by atomic mass is 19.3. The zero-order valence-electron chi connectivity index (χ0n) is 8.98. The molecular formula is C10H12F2N2O2. The molecule has 0 radical (unpaired) electrons. The summed E-state index contributed by atoms with van der Waals surface area (Å²) >= 11 is 0. The van der Waals surface area contributed by atoms with Gasteiger partial charge in [0.2, 0.25) is 0 Å². The van der Waals surface area contributed by atoms with E-state index in [4.69, 9.17) is 4.74 Å². The number of hydrogen-bond donors (Lipinski definition) is 0. The standard InChI is InChI=1S/C10H12F2N2O2/c1-6(2)5-16-10(15)8-4-13-7(3-14-8)9(11)12/h3-4,6,9H,5H2,1-2H3. The zero-order valence-corrected chi connectivity index (χ0v) is 8.98. The van der Waals surface area contributed by atoms with Gasteiger partial charge in [0.05, 0.1) is 19.0 Å². The first-order valence-corrected chi connectivity index (χ1v) is 4.78. The molecule has 0 N–H and O–H groups in total. The van der Waals surface area contributed by atoms with Crippen LogP contribution in [0.25, 0.3) is 0 Å². The highest BCUT2D eigenvalue weighted by molar-refractivity contribution is 5.86. The summed E-state index contributed by atoms with van der Waals surface area (Å²) in [6, 6.07) is 0. The summed E-state index contributed by atoms with van der Waals surface area (Å²) < 4.78 is 29.1. The number of aromatic nitrogens is 2. The van der Waals surface area contributed by atoms with E-state index in [1.807, 2.05) is 13.8 Å². The molecule has 1 aromatic rings. The lowest BCUT2D eigenvalue weighted by Crippen LogP contribution is -2.12. The molecule has 0 aliphatic heterocycles. The number of rotatable bonds is 4. The van der Waals surface area contributed by atoms with Crippen LogP contribution in [0.5, 0.6) is 0 Å². The molecule has 0 amide bonds. The maximum absolute atomic E-state index is 12.1. The summed E-state index contributed by atoms with van der Waals surface area (Å²) in [6.45, 7) is 4.04. The summed E-state index contributed by atoms with van der Waals surface area (Å²) in [5, 5.41) is 0. The van der Waals surface area contributed by atoms with E-state index in [0.29, 0.717) is 0 Å². The van der Waals surface area contributed by atoms with E-state index in [0.717, 1.165) is 12.4 Å². The largest absolute Gasteiger partial charge is 0.461 e. The van der Waals surface area contributed by atoms with E-state index in [1.165, 1.54) is 0 Å². The Kier molecular flexibility index (Phi) is 4.28. The monoisotopic (exact) mass is 230 g/mol. The third kappa shape index (κ3) is 3.52. The molecular weight excluding hydrogens is 218 g/mol. The molecule has 1 heterocycles. The van der Waals surface area contributed by atoms with E-state index < -0.39 is 18.1 Å². The molecule has 0 fully saturated rings. The molecule has 0 bridgehead atoms. The van der Waals surface area contributed by atoms with Crippen molar-refractivity contribution in [1.82, 2.24) is 9.97 Å². The summed E-state index contributed by atoms with van der Waals surface area (Å²) in [4.78, 5) is 18.3. The second-order valence-corrected chi connectivity index (χ2v) is 3.62. The summed E-state index contributed by atoms with van der Waals surface area (Å²) in [6.07, 6.45) is -0.825. The number of halogens is 2. The average Bonchev–Trinajstić information content (AvgIpc) is 2.26. The van der Waals surface area contributed by atoms with E-state index in [-0.39, 0.29) is 18.2 Å². The first-order valence-electron chi connectivity index (χ1n) is 4.78. The van der Waals surface area contributed by atoms with Gasteiger partial charge in [-0.3, -0.25) is 4.98 Å². The van der Waals surface area contributed by atoms with E-state index in [1.54, 1.807) is 0 Å². The van der Waals surface area contributed by atoms with Crippen molar-refractivity contribution in [3.63, 3.8) is 0 Å². The fraction of sp³-hybridized carbons (Fsp3) is 0.500. The Balaban J connectivity index is 2.63. The van der Waals surface area contributed by atoms with E-state index >= 15 is 0 Å². The molecule has 0 saturated carbocycles. The van der Waals surface area contributed by atoms with Crippen molar-refractivity contribution < 1.29 is 18.3 Å². The van der Waals surface area contributed by atoms with Crippen LogP contribution >= 0.6 is 0 Å². The minimum Gasteiger partial charge on any atom is -0.461 e. The van der Waals surface area contributed by atoms with Gasteiger partial charge >= 0.3 is 5.97 Å². The summed E-state index contributed by atoms with van der Waals surface area (Å²) in [5.41, 5.74) is -0.523. The third-order valence-electron chi connectivity index (χ3n) is 1.65. The number of carbonyl (C=O) groups excluding carboxylic acids is 1. The van der Waals surface area contributed by atoms with Gasteiger partial charge in [0.25, 0.3) is 6.43 Å². The predicted molar refractivity (Wildman–Crippen MR) is 52.1 cm³/mol. The number of nitrogens with zero attached hydrogens (tertiary/aromatic N) is 2. The SMILES string of the molecule is CC(C)COC(=O)c1cnc(C(F)F)cn1. The van der Waals surface area contributed by atoms with Crippen molar-refractivity contribution in [2.75, 3.05) is 6.61 Å². The highest BCUT2D eigenvalue weighted by Gasteiger charge is 2.13. The molecule has 0 aliphatic carbocycles. The average molecular weight is 230 g/mol. The molecule has 0 saturated heterocycles. The Hall–Kier alpha value is -1.59. The van der Waals surface area contributed by atoms with Crippen LogP contribution in [0.1, 0.15) is 36.5 Å². The zero-order chi connectivity index (χ0) is 12.1. The van der Waals surface area contributed by atoms with Gasteiger partial charge in [0, 0.05) is 0 Å². The van der Waals surface area contributed by atoms with Crippen LogP contribution in [0.4, 0.5) is 8.78 Å².